The molecule has 0 fully saturated rings. The lowest BCUT2D eigenvalue weighted by atomic mass is 10.1. The van der Waals surface area contributed by atoms with Crippen molar-refractivity contribution in [2.45, 2.75) is 20.4 Å². The van der Waals surface area contributed by atoms with Crippen molar-refractivity contribution in [1.29, 1.82) is 5.26 Å². The van der Waals surface area contributed by atoms with Gasteiger partial charge in [0.25, 0.3) is 0 Å². The fraction of sp³-hybridized carbons (Fsp3) is 0.211. The number of nitriles is 1. The SMILES string of the molecule is CCSNc1ccc(-c2c(C#N)c3cc(F)ccc3n2CC)cc1. The molecule has 0 atom stereocenters. The van der Waals surface area contributed by atoms with E-state index >= 15 is 0 Å². The van der Waals surface area contributed by atoms with Gasteiger partial charge in [-0.25, -0.2) is 4.39 Å². The third-order valence-corrected chi connectivity index (χ3v) is 4.61. The molecule has 0 radical (unpaired) electrons. The number of aryl methyl sites for hydroxylation is 1. The van der Waals surface area contributed by atoms with Crippen molar-refractivity contribution in [2.24, 2.45) is 0 Å². The fourth-order valence-electron chi connectivity index (χ4n) is 2.92. The first-order valence-corrected chi connectivity index (χ1v) is 8.88. The van der Waals surface area contributed by atoms with Gasteiger partial charge in [0.2, 0.25) is 0 Å². The molecule has 0 bridgehead atoms. The molecule has 0 unspecified atom stereocenters. The van der Waals surface area contributed by atoms with Gasteiger partial charge < -0.3 is 9.29 Å². The molecule has 24 heavy (non-hydrogen) atoms. The summed E-state index contributed by atoms with van der Waals surface area (Å²) in [5.41, 5.74) is 4.23. The monoisotopic (exact) mass is 339 g/mol. The molecule has 3 aromatic rings. The Kier molecular flexibility index (Phi) is 4.77. The van der Waals surface area contributed by atoms with Crippen LogP contribution in [0.5, 0.6) is 0 Å². The zero-order valence-corrected chi connectivity index (χ0v) is 14.5. The lowest BCUT2D eigenvalue weighted by Crippen LogP contribution is -1.97. The van der Waals surface area contributed by atoms with Gasteiger partial charge in [-0.1, -0.05) is 31.0 Å². The van der Waals surface area contributed by atoms with Crippen LogP contribution in [0, 0.1) is 17.1 Å². The minimum atomic E-state index is -0.324. The van der Waals surface area contributed by atoms with Crippen LogP contribution in [0.4, 0.5) is 10.1 Å². The second-order valence-electron chi connectivity index (χ2n) is 5.35. The number of anilines is 1. The molecule has 1 heterocycles. The van der Waals surface area contributed by atoms with Gasteiger partial charge in [-0.05, 0) is 42.8 Å². The molecule has 0 spiro atoms. The summed E-state index contributed by atoms with van der Waals surface area (Å²) in [7, 11) is 0. The summed E-state index contributed by atoms with van der Waals surface area (Å²) in [6.45, 7) is 4.83. The Hall–Kier alpha value is -2.45. The molecular weight excluding hydrogens is 321 g/mol. The predicted molar refractivity (Wildman–Crippen MR) is 99.5 cm³/mol. The summed E-state index contributed by atoms with van der Waals surface area (Å²) in [6, 6.07) is 14.9. The molecule has 3 rings (SSSR count). The minimum absolute atomic E-state index is 0.324. The van der Waals surface area contributed by atoms with E-state index in [0.717, 1.165) is 28.2 Å². The standard InChI is InChI=1S/C19H18FN3S/c1-3-23-18-10-7-14(20)11-16(18)17(12-21)19(23)13-5-8-15(9-6-13)22-24-4-2/h5-11,22H,3-4H2,1-2H3. The summed E-state index contributed by atoms with van der Waals surface area (Å²) < 4.78 is 19.0. The summed E-state index contributed by atoms with van der Waals surface area (Å²) in [4.78, 5) is 0. The van der Waals surface area contributed by atoms with E-state index in [-0.39, 0.29) is 5.82 Å². The van der Waals surface area contributed by atoms with E-state index in [2.05, 4.69) is 22.3 Å². The maximum Gasteiger partial charge on any atom is 0.124 e. The molecule has 0 saturated carbocycles. The number of halogens is 1. The Morgan fingerprint density at radius 1 is 1.17 bits per heavy atom. The minimum Gasteiger partial charge on any atom is -0.340 e. The number of rotatable bonds is 5. The normalized spacial score (nSPS) is 10.8. The maximum absolute atomic E-state index is 13.6. The van der Waals surface area contributed by atoms with Gasteiger partial charge in [-0.15, -0.1) is 0 Å². The Morgan fingerprint density at radius 2 is 1.92 bits per heavy atom. The number of nitrogens with one attached hydrogen (secondary N) is 1. The van der Waals surface area contributed by atoms with Gasteiger partial charge >= 0.3 is 0 Å². The van der Waals surface area contributed by atoms with Crippen LogP contribution < -0.4 is 4.72 Å². The highest BCUT2D eigenvalue weighted by Crippen LogP contribution is 2.34. The highest BCUT2D eigenvalue weighted by molar-refractivity contribution is 8.00. The Morgan fingerprint density at radius 3 is 2.54 bits per heavy atom. The predicted octanol–water partition coefficient (Wildman–Crippen LogP) is 5.42. The molecule has 0 amide bonds. The maximum atomic E-state index is 13.6. The highest BCUT2D eigenvalue weighted by Gasteiger charge is 2.18. The third kappa shape index (κ3) is 2.85. The van der Waals surface area contributed by atoms with Crippen LogP contribution in [0.3, 0.4) is 0 Å². The smallest absolute Gasteiger partial charge is 0.124 e. The zero-order chi connectivity index (χ0) is 17.1. The molecule has 122 valence electrons. The topological polar surface area (TPSA) is 40.8 Å². The van der Waals surface area contributed by atoms with Gasteiger partial charge in [0, 0.05) is 23.4 Å². The number of aromatic nitrogens is 1. The van der Waals surface area contributed by atoms with E-state index in [4.69, 9.17) is 0 Å². The molecule has 5 heteroatoms. The van der Waals surface area contributed by atoms with Crippen LogP contribution in [-0.4, -0.2) is 10.3 Å². The Bertz CT molecular complexity index is 907. The van der Waals surface area contributed by atoms with Crippen molar-refractivity contribution >= 4 is 28.5 Å². The summed E-state index contributed by atoms with van der Waals surface area (Å²) in [5.74, 6) is 0.658. The lowest BCUT2D eigenvalue weighted by molar-refractivity contribution is 0.629. The third-order valence-electron chi connectivity index (χ3n) is 3.95. The fourth-order valence-corrected chi connectivity index (χ4v) is 3.37. The van der Waals surface area contributed by atoms with Gasteiger partial charge in [0.1, 0.15) is 11.9 Å². The lowest BCUT2D eigenvalue weighted by Gasteiger charge is -2.10. The van der Waals surface area contributed by atoms with Crippen molar-refractivity contribution in [2.75, 3.05) is 10.5 Å². The zero-order valence-electron chi connectivity index (χ0n) is 13.6. The molecule has 1 aromatic heterocycles. The van der Waals surface area contributed by atoms with Crippen LogP contribution in [0.25, 0.3) is 22.2 Å². The average molecular weight is 339 g/mol. The quantitative estimate of drug-likeness (QED) is 0.631. The molecule has 0 aliphatic carbocycles. The van der Waals surface area contributed by atoms with E-state index < -0.39 is 0 Å². The van der Waals surface area contributed by atoms with Crippen molar-refractivity contribution < 1.29 is 4.39 Å². The second-order valence-corrected chi connectivity index (χ2v) is 6.42. The van der Waals surface area contributed by atoms with Gasteiger partial charge in [0.05, 0.1) is 16.8 Å². The number of fused-ring (bicyclic) bond motifs is 1. The molecule has 1 N–H and O–H groups in total. The van der Waals surface area contributed by atoms with Crippen molar-refractivity contribution in [3.8, 4) is 17.3 Å². The van der Waals surface area contributed by atoms with Crippen molar-refractivity contribution in [3.05, 3.63) is 53.8 Å². The molecular formula is C19H18FN3S. The number of nitrogens with zero attached hydrogens (tertiary/aromatic N) is 2. The second kappa shape index (κ2) is 6.98. The molecule has 0 saturated heterocycles. The molecule has 0 aliphatic heterocycles. The van der Waals surface area contributed by atoms with Crippen molar-refractivity contribution in [3.63, 3.8) is 0 Å². The van der Waals surface area contributed by atoms with Gasteiger partial charge in [0.15, 0.2) is 0 Å². The Balaban J connectivity index is 2.16. The Labute approximate surface area is 145 Å². The van der Waals surface area contributed by atoms with Crippen molar-refractivity contribution in [1.82, 2.24) is 4.57 Å². The van der Waals surface area contributed by atoms with E-state index in [1.807, 2.05) is 31.2 Å². The largest absolute Gasteiger partial charge is 0.340 e. The summed E-state index contributed by atoms with van der Waals surface area (Å²) in [5, 5.41) is 10.3. The van der Waals surface area contributed by atoms with Crippen LogP contribution in [0.15, 0.2) is 42.5 Å². The molecule has 3 nitrogen and oxygen atoms in total. The molecule has 2 aromatic carbocycles. The average Bonchev–Trinajstić information content (AvgIpc) is 2.92. The number of hydrogen-bond acceptors (Lipinski definition) is 3. The van der Waals surface area contributed by atoms with Gasteiger partial charge in [-0.2, -0.15) is 5.26 Å². The van der Waals surface area contributed by atoms with Crippen LogP contribution in [0.1, 0.15) is 19.4 Å². The highest BCUT2D eigenvalue weighted by atomic mass is 32.2. The van der Waals surface area contributed by atoms with Crippen LogP contribution in [-0.2, 0) is 6.54 Å². The molecule has 0 aliphatic rings. The van der Waals surface area contributed by atoms with Crippen LogP contribution >= 0.6 is 11.9 Å². The van der Waals surface area contributed by atoms with E-state index in [1.54, 1.807) is 18.0 Å². The van der Waals surface area contributed by atoms with Gasteiger partial charge in [-0.3, -0.25) is 0 Å². The number of benzene rings is 2. The van der Waals surface area contributed by atoms with E-state index in [9.17, 15) is 9.65 Å². The number of hydrogen-bond donors (Lipinski definition) is 1. The van der Waals surface area contributed by atoms with E-state index in [1.165, 1.54) is 12.1 Å². The first-order chi connectivity index (χ1) is 11.7. The van der Waals surface area contributed by atoms with E-state index in [0.29, 0.717) is 17.5 Å². The summed E-state index contributed by atoms with van der Waals surface area (Å²) >= 11 is 1.63. The van der Waals surface area contributed by atoms with Crippen LogP contribution in [0.2, 0.25) is 0 Å². The first-order valence-electron chi connectivity index (χ1n) is 7.89. The first kappa shape index (κ1) is 16.4. The summed E-state index contributed by atoms with van der Waals surface area (Å²) in [6.07, 6.45) is 0.